The second-order valence-electron chi connectivity index (χ2n) is 6.76. The summed E-state index contributed by atoms with van der Waals surface area (Å²) in [6, 6.07) is 0. The second-order valence-corrected chi connectivity index (χ2v) is 6.76. The predicted octanol–water partition coefficient (Wildman–Crippen LogP) is 1.82. The lowest BCUT2D eigenvalue weighted by molar-refractivity contribution is -0.157. The standard InChI is InChI=1S/C15H20O4/c1-14(8-16)6-3-7-15(2)10(14)5-4-9-11(15)13(18)19-12(9)17/h4,10-11,16H,3,5-8H2,1-2H3/t10-,11+,14-,15-/m0/s1. The summed E-state index contributed by atoms with van der Waals surface area (Å²) in [5.41, 5.74) is 0.121. The van der Waals surface area contributed by atoms with Gasteiger partial charge in [0.05, 0.1) is 5.92 Å². The van der Waals surface area contributed by atoms with Gasteiger partial charge >= 0.3 is 11.9 Å². The van der Waals surface area contributed by atoms with Crippen molar-refractivity contribution in [2.24, 2.45) is 22.7 Å². The van der Waals surface area contributed by atoms with Gasteiger partial charge in [0.2, 0.25) is 0 Å². The normalized spacial score (nSPS) is 45.3. The van der Waals surface area contributed by atoms with Gasteiger partial charge in [0.25, 0.3) is 0 Å². The van der Waals surface area contributed by atoms with Crippen LogP contribution in [0, 0.1) is 22.7 Å². The molecule has 3 aliphatic rings. The van der Waals surface area contributed by atoms with Gasteiger partial charge in [-0.15, -0.1) is 0 Å². The van der Waals surface area contributed by atoms with E-state index < -0.39 is 17.9 Å². The Hall–Kier alpha value is -1.16. The highest BCUT2D eigenvalue weighted by atomic mass is 16.6. The van der Waals surface area contributed by atoms with E-state index >= 15 is 0 Å². The van der Waals surface area contributed by atoms with Crippen LogP contribution in [-0.2, 0) is 14.3 Å². The monoisotopic (exact) mass is 264 g/mol. The molecule has 104 valence electrons. The summed E-state index contributed by atoms with van der Waals surface area (Å²) in [5, 5.41) is 9.76. The number of aliphatic hydroxyl groups is 1. The van der Waals surface area contributed by atoms with Crippen LogP contribution >= 0.6 is 0 Å². The van der Waals surface area contributed by atoms with Crippen LogP contribution in [-0.4, -0.2) is 23.7 Å². The molecule has 1 saturated heterocycles. The number of cyclic esters (lactones) is 2. The smallest absolute Gasteiger partial charge is 0.342 e. The minimum Gasteiger partial charge on any atom is -0.396 e. The zero-order chi connectivity index (χ0) is 13.8. The summed E-state index contributed by atoms with van der Waals surface area (Å²) < 4.78 is 4.82. The maximum absolute atomic E-state index is 12.0. The molecule has 2 aliphatic carbocycles. The molecule has 0 spiro atoms. The van der Waals surface area contributed by atoms with Crippen molar-refractivity contribution in [2.75, 3.05) is 6.61 Å². The third-order valence-electron chi connectivity index (χ3n) is 5.67. The third-order valence-corrected chi connectivity index (χ3v) is 5.67. The summed E-state index contributed by atoms with van der Waals surface area (Å²) in [6.07, 6.45) is 5.49. The van der Waals surface area contributed by atoms with Crippen molar-refractivity contribution in [1.82, 2.24) is 0 Å². The molecule has 0 amide bonds. The third kappa shape index (κ3) is 1.55. The molecule has 19 heavy (non-hydrogen) atoms. The lowest BCUT2D eigenvalue weighted by Crippen LogP contribution is -2.52. The molecule has 1 aliphatic heterocycles. The molecule has 1 heterocycles. The van der Waals surface area contributed by atoms with E-state index in [1.165, 1.54) is 0 Å². The van der Waals surface area contributed by atoms with Crippen LogP contribution in [0.4, 0.5) is 0 Å². The lowest BCUT2D eigenvalue weighted by Gasteiger charge is -2.54. The number of carbonyl (C=O) groups excluding carboxylic acids is 2. The Morgan fingerprint density at radius 1 is 1.37 bits per heavy atom. The molecule has 4 nitrogen and oxygen atoms in total. The molecule has 4 heteroatoms. The Morgan fingerprint density at radius 3 is 2.79 bits per heavy atom. The number of hydrogen-bond donors (Lipinski definition) is 1. The average Bonchev–Trinajstić information content (AvgIpc) is 2.65. The number of fused-ring (bicyclic) bond motifs is 3. The number of carbonyl (C=O) groups is 2. The fraction of sp³-hybridized carbons (Fsp3) is 0.733. The number of aliphatic hydroxyl groups excluding tert-OH is 1. The first-order valence-corrected chi connectivity index (χ1v) is 6.99. The molecule has 0 aromatic carbocycles. The first-order valence-electron chi connectivity index (χ1n) is 6.99. The van der Waals surface area contributed by atoms with E-state index in [9.17, 15) is 14.7 Å². The topological polar surface area (TPSA) is 63.6 Å². The van der Waals surface area contributed by atoms with E-state index in [4.69, 9.17) is 4.74 Å². The number of rotatable bonds is 1. The predicted molar refractivity (Wildman–Crippen MR) is 67.9 cm³/mol. The first-order chi connectivity index (χ1) is 8.92. The molecule has 0 unspecified atom stereocenters. The van der Waals surface area contributed by atoms with Crippen molar-refractivity contribution in [3.8, 4) is 0 Å². The molecule has 3 rings (SSSR count). The molecule has 0 aromatic rings. The minimum absolute atomic E-state index is 0.131. The molecule has 1 N–H and O–H groups in total. The fourth-order valence-corrected chi connectivity index (χ4v) is 4.63. The quantitative estimate of drug-likeness (QED) is 0.579. The number of ether oxygens (including phenoxy) is 1. The van der Waals surface area contributed by atoms with Gasteiger partial charge < -0.3 is 9.84 Å². The Balaban J connectivity index is 2.08. The van der Waals surface area contributed by atoms with Crippen molar-refractivity contribution in [1.29, 1.82) is 0 Å². The van der Waals surface area contributed by atoms with Crippen LogP contribution < -0.4 is 0 Å². The van der Waals surface area contributed by atoms with E-state index in [1.54, 1.807) is 0 Å². The highest BCUT2D eigenvalue weighted by Crippen LogP contribution is 2.61. The van der Waals surface area contributed by atoms with E-state index in [0.717, 1.165) is 25.7 Å². The van der Waals surface area contributed by atoms with Crippen LogP contribution in [0.25, 0.3) is 0 Å². The lowest BCUT2D eigenvalue weighted by atomic mass is 9.48. The Morgan fingerprint density at radius 2 is 2.11 bits per heavy atom. The molecular formula is C15H20O4. The van der Waals surface area contributed by atoms with Gasteiger partial charge in [-0.3, -0.25) is 4.79 Å². The van der Waals surface area contributed by atoms with Crippen molar-refractivity contribution < 1.29 is 19.4 Å². The second kappa shape index (κ2) is 3.92. The summed E-state index contributed by atoms with van der Waals surface area (Å²) >= 11 is 0. The largest absolute Gasteiger partial charge is 0.396 e. The van der Waals surface area contributed by atoms with Gasteiger partial charge in [0, 0.05) is 12.2 Å². The van der Waals surface area contributed by atoms with Crippen LogP contribution in [0.2, 0.25) is 0 Å². The highest BCUT2D eigenvalue weighted by molar-refractivity contribution is 6.08. The molecule has 1 saturated carbocycles. The molecule has 4 atom stereocenters. The number of allylic oxidation sites excluding steroid dienone is 1. The molecular weight excluding hydrogens is 244 g/mol. The summed E-state index contributed by atoms with van der Waals surface area (Å²) in [5.74, 6) is -1.06. The van der Waals surface area contributed by atoms with Gasteiger partial charge in [0.1, 0.15) is 0 Å². The van der Waals surface area contributed by atoms with Crippen LogP contribution in [0.3, 0.4) is 0 Å². The van der Waals surface area contributed by atoms with Gasteiger partial charge in [-0.2, -0.15) is 0 Å². The van der Waals surface area contributed by atoms with Crippen molar-refractivity contribution >= 4 is 11.9 Å². The zero-order valence-electron chi connectivity index (χ0n) is 11.4. The Kier molecular flexibility index (Phi) is 2.65. The number of esters is 2. The molecule has 0 radical (unpaired) electrons. The average molecular weight is 264 g/mol. The Labute approximate surface area is 112 Å². The van der Waals surface area contributed by atoms with Crippen LogP contribution in [0.5, 0.6) is 0 Å². The number of hydrogen-bond acceptors (Lipinski definition) is 4. The maximum Gasteiger partial charge on any atom is 0.342 e. The summed E-state index contributed by atoms with van der Waals surface area (Å²) in [4.78, 5) is 23.7. The zero-order valence-corrected chi connectivity index (χ0v) is 11.4. The van der Waals surface area contributed by atoms with Crippen molar-refractivity contribution in [3.05, 3.63) is 11.6 Å². The van der Waals surface area contributed by atoms with E-state index in [-0.39, 0.29) is 23.4 Å². The van der Waals surface area contributed by atoms with Gasteiger partial charge in [-0.25, -0.2) is 4.79 Å². The van der Waals surface area contributed by atoms with Crippen molar-refractivity contribution in [2.45, 2.75) is 39.5 Å². The van der Waals surface area contributed by atoms with Gasteiger partial charge in [0.15, 0.2) is 0 Å². The molecule has 2 fully saturated rings. The van der Waals surface area contributed by atoms with Crippen LogP contribution in [0.15, 0.2) is 11.6 Å². The van der Waals surface area contributed by atoms with E-state index in [2.05, 4.69) is 13.8 Å². The van der Waals surface area contributed by atoms with E-state index in [0.29, 0.717) is 5.57 Å². The summed E-state index contributed by atoms with van der Waals surface area (Å²) in [6.45, 7) is 4.31. The van der Waals surface area contributed by atoms with E-state index in [1.807, 2.05) is 6.08 Å². The SMILES string of the molecule is C[C@@]1(CO)CCC[C@]2(C)[C@H]3C(=O)OC(=O)C3=CC[C@@H]12. The molecule has 0 bridgehead atoms. The van der Waals surface area contributed by atoms with Crippen molar-refractivity contribution in [3.63, 3.8) is 0 Å². The van der Waals surface area contributed by atoms with Gasteiger partial charge in [-0.05, 0) is 36.0 Å². The van der Waals surface area contributed by atoms with Gasteiger partial charge in [-0.1, -0.05) is 26.3 Å². The highest BCUT2D eigenvalue weighted by Gasteiger charge is 2.60. The Bertz CT molecular complexity index is 481. The summed E-state index contributed by atoms with van der Waals surface area (Å²) in [7, 11) is 0. The van der Waals surface area contributed by atoms with Crippen LogP contribution in [0.1, 0.15) is 39.5 Å². The maximum atomic E-state index is 12.0. The fourth-order valence-electron chi connectivity index (χ4n) is 4.63. The first kappa shape index (κ1) is 12.9. The minimum atomic E-state index is -0.467. The molecule has 0 aromatic heterocycles.